The van der Waals surface area contributed by atoms with Crippen LogP contribution in [0.5, 0.6) is 0 Å². The van der Waals surface area contributed by atoms with Crippen LogP contribution >= 0.6 is 0 Å². The first-order chi connectivity index (χ1) is 13.0. The van der Waals surface area contributed by atoms with Gasteiger partial charge in [-0.05, 0) is 42.5 Å². The number of para-hydroxylation sites is 2. The van der Waals surface area contributed by atoms with Crippen LogP contribution in [0.3, 0.4) is 0 Å². The van der Waals surface area contributed by atoms with Crippen molar-refractivity contribution in [3.63, 3.8) is 0 Å². The third kappa shape index (κ3) is 5.09. The van der Waals surface area contributed by atoms with Crippen LogP contribution in [-0.2, 0) is 9.53 Å². The van der Waals surface area contributed by atoms with Crippen molar-refractivity contribution in [3.05, 3.63) is 60.2 Å². The van der Waals surface area contributed by atoms with E-state index >= 15 is 0 Å². The molecule has 1 fully saturated rings. The number of esters is 1. The van der Waals surface area contributed by atoms with Crippen LogP contribution in [0, 0.1) is 11.8 Å². The first kappa shape index (κ1) is 19.0. The molecule has 2 atom stereocenters. The fraction of sp³-hybridized carbons (Fsp3) is 0.364. The predicted molar refractivity (Wildman–Crippen MR) is 106 cm³/mol. The summed E-state index contributed by atoms with van der Waals surface area (Å²) in [5.41, 5.74) is 1.95. The molecule has 1 amide bonds. The number of carbonyl (C=O) groups excluding carboxylic acids is 2. The summed E-state index contributed by atoms with van der Waals surface area (Å²) in [5.74, 6) is 0.323. The number of amides is 1. The Balaban J connectivity index is 1.62. The predicted octanol–water partition coefficient (Wildman–Crippen LogP) is 4.09. The quantitative estimate of drug-likeness (QED) is 0.810. The van der Waals surface area contributed by atoms with E-state index in [1.54, 1.807) is 17.0 Å². The summed E-state index contributed by atoms with van der Waals surface area (Å²) in [4.78, 5) is 26.8. The van der Waals surface area contributed by atoms with Gasteiger partial charge in [0.25, 0.3) is 5.91 Å². The molecule has 1 aliphatic heterocycles. The molecule has 2 aromatic carbocycles. The molecule has 3 rings (SSSR count). The number of anilines is 2. The summed E-state index contributed by atoms with van der Waals surface area (Å²) in [6.07, 6.45) is 1.13. The summed E-state index contributed by atoms with van der Waals surface area (Å²) in [5, 5.41) is 3.22. The van der Waals surface area contributed by atoms with Gasteiger partial charge in [0.15, 0.2) is 6.61 Å². The van der Waals surface area contributed by atoms with E-state index < -0.39 is 5.97 Å². The largest absolute Gasteiger partial charge is 0.452 e. The molecule has 1 N–H and O–H groups in total. The minimum Gasteiger partial charge on any atom is -0.452 e. The first-order valence-corrected chi connectivity index (χ1v) is 9.39. The number of nitrogens with one attached hydrogen (secondary N) is 1. The summed E-state index contributed by atoms with van der Waals surface area (Å²) in [6.45, 7) is 5.53. The lowest BCUT2D eigenvalue weighted by Crippen LogP contribution is -2.44. The molecular formula is C22H26N2O3. The number of hydrogen-bond acceptors (Lipinski definition) is 4. The monoisotopic (exact) mass is 366 g/mol. The van der Waals surface area contributed by atoms with Crippen LogP contribution in [0.2, 0.25) is 0 Å². The minimum absolute atomic E-state index is 0.129. The van der Waals surface area contributed by atoms with E-state index in [-0.39, 0.29) is 12.5 Å². The molecule has 0 bridgehead atoms. The zero-order chi connectivity index (χ0) is 19.2. The molecule has 1 aliphatic rings. The lowest BCUT2D eigenvalue weighted by molar-refractivity contribution is -0.137. The highest BCUT2D eigenvalue weighted by atomic mass is 16.5. The standard InChI is InChI=1S/C22H26N2O3/c1-16-12-17(2)14-24(13-16)21(25)15-27-22(26)19-10-6-7-11-20(19)23-18-8-4-3-5-9-18/h3-11,16-17,23H,12-15H2,1-2H3/t16-,17+. The second-order valence-corrected chi connectivity index (χ2v) is 7.36. The summed E-state index contributed by atoms with van der Waals surface area (Å²) in [6, 6.07) is 16.8. The summed E-state index contributed by atoms with van der Waals surface area (Å²) < 4.78 is 5.32. The van der Waals surface area contributed by atoms with Gasteiger partial charge in [-0.1, -0.05) is 44.2 Å². The first-order valence-electron chi connectivity index (χ1n) is 9.39. The molecule has 1 heterocycles. The Bertz CT molecular complexity index is 781. The van der Waals surface area contributed by atoms with E-state index in [0.717, 1.165) is 25.2 Å². The highest BCUT2D eigenvalue weighted by Gasteiger charge is 2.26. The van der Waals surface area contributed by atoms with Gasteiger partial charge in [-0.2, -0.15) is 0 Å². The molecule has 0 aliphatic carbocycles. The Morgan fingerprint density at radius 3 is 2.33 bits per heavy atom. The zero-order valence-electron chi connectivity index (χ0n) is 15.9. The lowest BCUT2D eigenvalue weighted by atomic mass is 9.92. The van der Waals surface area contributed by atoms with Crippen LogP contribution in [0.25, 0.3) is 0 Å². The molecule has 1 saturated heterocycles. The van der Waals surface area contributed by atoms with Gasteiger partial charge in [-0.25, -0.2) is 4.79 Å². The average molecular weight is 366 g/mol. The molecule has 27 heavy (non-hydrogen) atoms. The average Bonchev–Trinajstić information content (AvgIpc) is 2.66. The van der Waals surface area contributed by atoms with Crippen molar-refractivity contribution in [2.24, 2.45) is 11.8 Å². The zero-order valence-corrected chi connectivity index (χ0v) is 15.9. The van der Waals surface area contributed by atoms with Crippen molar-refractivity contribution in [1.29, 1.82) is 0 Å². The maximum absolute atomic E-state index is 12.5. The smallest absolute Gasteiger partial charge is 0.340 e. The number of nitrogens with zero attached hydrogens (tertiary/aromatic N) is 1. The van der Waals surface area contributed by atoms with Gasteiger partial charge in [0.2, 0.25) is 0 Å². The van der Waals surface area contributed by atoms with Crippen molar-refractivity contribution in [2.75, 3.05) is 25.0 Å². The van der Waals surface area contributed by atoms with Gasteiger partial charge in [0, 0.05) is 18.8 Å². The van der Waals surface area contributed by atoms with E-state index in [1.807, 2.05) is 42.5 Å². The van der Waals surface area contributed by atoms with Crippen molar-refractivity contribution < 1.29 is 14.3 Å². The van der Waals surface area contributed by atoms with E-state index in [2.05, 4.69) is 19.2 Å². The molecule has 5 heteroatoms. The van der Waals surface area contributed by atoms with E-state index in [9.17, 15) is 9.59 Å². The SMILES string of the molecule is C[C@@H]1C[C@H](C)CN(C(=O)COC(=O)c2ccccc2Nc2ccccc2)C1. The Morgan fingerprint density at radius 2 is 1.63 bits per heavy atom. The third-order valence-corrected chi connectivity index (χ3v) is 4.75. The number of likely N-dealkylation sites (tertiary alicyclic amines) is 1. The van der Waals surface area contributed by atoms with Gasteiger partial charge in [0.1, 0.15) is 0 Å². The van der Waals surface area contributed by atoms with Gasteiger partial charge in [-0.3, -0.25) is 4.79 Å². The summed E-state index contributed by atoms with van der Waals surface area (Å²) in [7, 11) is 0. The van der Waals surface area contributed by atoms with Crippen LogP contribution in [0.4, 0.5) is 11.4 Å². The van der Waals surface area contributed by atoms with E-state index in [4.69, 9.17) is 4.74 Å². The molecule has 0 aromatic heterocycles. The van der Waals surface area contributed by atoms with E-state index in [1.165, 1.54) is 0 Å². The van der Waals surface area contributed by atoms with Gasteiger partial charge in [0.05, 0.1) is 11.3 Å². The maximum atomic E-state index is 12.5. The fourth-order valence-electron chi connectivity index (χ4n) is 3.61. The Hall–Kier alpha value is -2.82. The number of piperidine rings is 1. The van der Waals surface area contributed by atoms with Crippen molar-refractivity contribution in [2.45, 2.75) is 20.3 Å². The van der Waals surface area contributed by atoms with Crippen molar-refractivity contribution in [1.82, 2.24) is 4.90 Å². The molecule has 0 radical (unpaired) electrons. The van der Waals surface area contributed by atoms with Crippen LogP contribution < -0.4 is 5.32 Å². The van der Waals surface area contributed by atoms with E-state index in [0.29, 0.717) is 23.1 Å². The molecule has 5 nitrogen and oxygen atoms in total. The Morgan fingerprint density at radius 1 is 1.00 bits per heavy atom. The van der Waals surface area contributed by atoms with Crippen molar-refractivity contribution >= 4 is 23.3 Å². The normalized spacial score (nSPS) is 19.4. The van der Waals surface area contributed by atoms with Crippen molar-refractivity contribution in [3.8, 4) is 0 Å². The lowest BCUT2D eigenvalue weighted by Gasteiger charge is -2.34. The maximum Gasteiger partial charge on any atom is 0.340 e. The second kappa shape index (κ2) is 8.71. The molecule has 142 valence electrons. The van der Waals surface area contributed by atoms with Crippen LogP contribution in [0.15, 0.2) is 54.6 Å². The van der Waals surface area contributed by atoms with Gasteiger partial charge < -0.3 is 15.0 Å². The number of benzene rings is 2. The third-order valence-electron chi connectivity index (χ3n) is 4.75. The van der Waals surface area contributed by atoms with Crippen LogP contribution in [0.1, 0.15) is 30.6 Å². The Kier molecular flexibility index (Phi) is 6.12. The number of hydrogen-bond donors (Lipinski definition) is 1. The fourth-order valence-corrected chi connectivity index (χ4v) is 3.61. The summed E-state index contributed by atoms with van der Waals surface area (Å²) >= 11 is 0. The highest BCUT2D eigenvalue weighted by molar-refractivity contribution is 5.97. The topological polar surface area (TPSA) is 58.6 Å². The van der Waals surface area contributed by atoms with Gasteiger partial charge >= 0.3 is 5.97 Å². The molecule has 0 spiro atoms. The number of carbonyl (C=O) groups is 2. The second-order valence-electron chi connectivity index (χ2n) is 7.36. The minimum atomic E-state index is -0.500. The number of rotatable bonds is 5. The molecule has 2 aromatic rings. The highest BCUT2D eigenvalue weighted by Crippen LogP contribution is 2.23. The number of ether oxygens (including phenoxy) is 1. The molecule has 0 saturated carbocycles. The van der Waals surface area contributed by atoms with Crippen LogP contribution in [-0.4, -0.2) is 36.5 Å². The Labute approximate surface area is 160 Å². The molecular weight excluding hydrogens is 340 g/mol. The van der Waals surface area contributed by atoms with Gasteiger partial charge in [-0.15, -0.1) is 0 Å². The molecule has 0 unspecified atom stereocenters.